The van der Waals surface area contributed by atoms with Crippen molar-refractivity contribution >= 4 is 32.5 Å². The second-order valence-electron chi connectivity index (χ2n) is 4.46. The zero-order valence-electron chi connectivity index (χ0n) is 10.2. The average Bonchev–Trinajstić information content (AvgIpc) is 2.32. The van der Waals surface area contributed by atoms with Crippen LogP contribution < -0.4 is 11.3 Å². The quantitative estimate of drug-likeness (QED) is 0.655. The summed E-state index contributed by atoms with van der Waals surface area (Å²) in [5.74, 6) is 5.96. The number of rotatable bonds is 2. The highest BCUT2D eigenvalue weighted by Crippen LogP contribution is 2.31. The van der Waals surface area contributed by atoms with Gasteiger partial charge in [0, 0.05) is 15.6 Å². The van der Waals surface area contributed by atoms with Gasteiger partial charge in [-0.05, 0) is 36.6 Å². The predicted octanol–water partition coefficient (Wildman–Crippen LogP) is 3.71. The minimum atomic E-state index is 0.380. The van der Waals surface area contributed by atoms with Crippen molar-refractivity contribution in [2.75, 3.05) is 5.43 Å². The zero-order valence-corrected chi connectivity index (χ0v) is 11.8. The van der Waals surface area contributed by atoms with E-state index in [1.807, 2.05) is 18.2 Å². The van der Waals surface area contributed by atoms with Gasteiger partial charge < -0.3 is 5.43 Å². The molecule has 0 unspecified atom stereocenters. The van der Waals surface area contributed by atoms with E-state index < -0.39 is 0 Å². The molecule has 0 amide bonds. The van der Waals surface area contributed by atoms with Crippen LogP contribution in [-0.4, -0.2) is 4.98 Å². The van der Waals surface area contributed by atoms with Gasteiger partial charge in [-0.2, -0.15) is 0 Å². The van der Waals surface area contributed by atoms with Gasteiger partial charge in [-0.25, -0.2) is 0 Å². The van der Waals surface area contributed by atoms with Gasteiger partial charge in [0.1, 0.15) is 0 Å². The van der Waals surface area contributed by atoms with Gasteiger partial charge in [0.15, 0.2) is 0 Å². The van der Waals surface area contributed by atoms with E-state index in [1.54, 1.807) is 0 Å². The van der Waals surface area contributed by atoms with E-state index in [0.717, 1.165) is 32.3 Å². The summed E-state index contributed by atoms with van der Waals surface area (Å²) in [6, 6.07) is 6.06. The van der Waals surface area contributed by atoms with Crippen LogP contribution in [0.5, 0.6) is 0 Å². The van der Waals surface area contributed by atoms with E-state index in [9.17, 15) is 0 Å². The van der Waals surface area contributed by atoms with Crippen LogP contribution in [0.3, 0.4) is 0 Å². The Bertz CT molecular complexity index is 564. The van der Waals surface area contributed by atoms with Crippen LogP contribution >= 0.6 is 15.9 Å². The summed E-state index contributed by atoms with van der Waals surface area (Å²) in [7, 11) is 0. The van der Waals surface area contributed by atoms with Crippen molar-refractivity contribution in [2.45, 2.75) is 26.7 Å². The molecule has 0 fully saturated rings. The number of halogens is 1. The topological polar surface area (TPSA) is 50.9 Å². The van der Waals surface area contributed by atoms with Crippen molar-refractivity contribution in [3.05, 3.63) is 33.9 Å². The van der Waals surface area contributed by atoms with Crippen molar-refractivity contribution in [3.8, 4) is 0 Å². The summed E-state index contributed by atoms with van der Waals surface area (Å²) in [6.45, 7) is 6.31. The number of benzene rings is 1. The number of nitrogens with two attached hydrogens (primary N) is 1. The van der Waals surface area contributed by atoms with E-state index in [4.69, 9.17) is 10.8 Å². The number of aryl methyl sites for hydroxylation is 1. The molecule has 2 aromatic rings. The Balaban J connectivity index is 2.83. The van der Waals surface area contributed by atoms with Gasteiger partial charge in [0.05, 0.1) is 11.2 Å². The monoisotopic (exact) mass is 293 g/mol. The number of hydrogen-bond donors (Lipinski definition) is 2. The first-order valence-electron chi connectivity index (χ1n) is 5.61. The van der Waals surface area contributed by atoms with E-state index in [1.165, 1.54) is 0 Å². The SMILES string of the molecule is Cc1c(Br)ccc2c(NN)cc(C(C)C)nc12. The molecule has 0 aliphatic heterocycles. The molecule has 3 N–H and O–H groups in total. The predicted molar refractivity (Wildman–Crippen MR) is 76.1 cm³/mol. The molecule has 2 rings (SSSR count). The third kappa shape index (κ3) is 2.15. The summed E-state index contributed by atoms with van der Waals surface area (Å²) >= 11 is 3.53. The maximum atomic E-state index is 5.58. The number of hydrogen-bond acceptors (Lipinski definition) is 3. The minimum absolute atomic E-state index is 0.380. The molecule has 0 spiro atoms. The molecule has 0 bridgehead atoms. The van der Waals surface area contributed by atoms with Crippen molar-refractivity contribution < 1.29 is 0 Å². The number of nitrogens with one attached hydrogen (secondary N) is 1. The van der Waals surface area contributed by atoms with Crippen LogP contribution in [0.25, 0.3) is 10.9 Å². The maximum Gasteiger partial charge on any atom is 0.0767 e. The Morgan fingerprint density at radius 3 is 2.65 bits per heavy atom. The molecule has 3 nitrogen and oxygen atoms in total. The lowest BCUT2D eigenvalue weighted by molar-refractivity contribution is 0.829. The Hall–Kier alpha value is -1.13. The van der Waals surface area contributed by atoms with Crippen molar-refractivity contribution in [2.24, 2.45) is 5.84 Å². The first-order chi connectivity index (χ1) is 8.04. The molecule has 17 heavy (non-hydrogen) atoms. The van der Waals surface area contributed by atoms with E-state index in [-0.39, 0.29) is 0 Å². The highest BCUT2D eigenvalue weighted by molar-refractivity contribution is 9.10. The van der Waals surface area contributed by atoms with E-state index in [0.29, 0.717) is 5.92 Å². The first-order valence-corrected chi connectivity index (χ1v) is 6.40. The van der Waals surface area contributed by atoms with Gasteiger partial charge in [-0.3, -0.25) is 10.8 Å². The average molecular weight is 294 g/mol. The van der Waals surface area contributed by atoms with Gasteiger partial charge >= 0.3 is 0 Å². The molecule has 0 aliphatic rings. The molecule has 4 heteroatoms. The Morgan fingerprint density at radius 1 is 1.35 bits per heavy atom. The number of anilines is 1. The molecule has 1 heterocycles. The summed E-state index contributed by atoms with van der Waals surface area (Å²) in [4.78, 5) is 4.72. The number of nitrogens with zero attached hydrogens (tertiary/aromatic N) is 1. The molecule has 90 valence electrons. The highest BCUT2D eigenvalue weighted by Gasteiger charge is 2.10. The Morgan fingerprint density at radius 2 is 2.06 bits per heavy atom. The largest absolute Gasteiger partial charge is 0.323 e. The number of hydrazine groups is 1. The fourth-order valence-corrected chi connectivity index (χ4v) is 2.16. The third-order valence-corrected chi connectivity index (χ3v) is 3.79. The summed E-state index contributed by atoms with van der Waals surface area (Å²) in [5.41, 5.74) is 6.87. The molecule has 1 aromatic heterocycles. The van der Waals surface area contributed by atoms with E-state index >= 15 is 0 Å². The normalized spacial score (nSPS) is 11.2. The Kier molecular flexibility index (Phi) is 3.35. The maximum absolute atomic E-state index is 5.58. The number of pyridine rings is 1. The van der Waals surface area contributed by atoms with Crippen LogP contribution in [0.4, 0.5) is 5.69 Å². The molecule has 0 saturated heterocycles. The van der Waals surface area contributed by atoms with Crippen LogP contribution in [0, 0.1) is 6.92 Å². The molecule has 0 saturated carbocycles. The van der Waals surface area contributed by atoms with Gasteiger partial charge in [-0.1, -0.05) is 29.8 Å². The standard InChI is InChI=1S/C13H16BrN3/c1-7(2)11-6-12(17-15)9-4-5-10(14)8(3)13(9)16-11/h4-7H,15H2,1-3H3,(H,16,17). The van der Waals surface area contributed by atoms with Crippen LogP contribution in [0.1, 0.15) is 31.0 Å². The van der Waals surface area contributed by atoms with Gasteiger partial charge in [-0.15, -0.1) is 0 Å². The minimum Gasteiger partial charge on any atom is -0.323 e. The molecular weight excluding hydrogens is 278 g/mol. The second-order valence-corrected chi connectivity index (χ2v) is 5.32. The number of fused-ring (bicyclic) bond motifs is 1. The highest BCUT2D eigenvalue weighted by atomic mass is 79.9. The van der Waals surface area contributed by atoms with Crippen LogP contribution in [0.2, 0.25) is 0 Å². The lowest BCUT2D eigenvalue weighted by Crippen LogP contribution is -2.09. The number of aromatic nitrogens is 1. The molecular formula is C13H16BrN3. The lowest BCUT2D eigenvalue weighted by atomic mass is 10.0. The molecule has 1 aromatic carbocycles. The van der Waals surface area contributed by atoms with Gasteiger partial charge in [0.25, 0.3) is 0 Å². The lowest BCUT2D eigenvalue weighted by Gasteiger charge is -2.13. The van der Waals surface area contributed by atoms with Crippen molar-refractivity contribution in [3.63, 3.8) is 0 Å². The van der Waals surface area contributed by atoms with E-state index in [2.05, 4.69) is 42.1 Å². The van der Waals surface area contributed by atoms with Crippen LogP contribution in [-0.2, 0) is 0 Å². The molecule has 0 aliphatic carbocycles. The summed E-state index contributed by atoms with van der Waals surface area (Å²) in [5, 5.41) is 1.05. The van der Waals surface area contributed by atoms with Crippen molar-refractivity contribution in [1.82, 2.24) is 4.98 Å². The number of nitrogen functional groups attached to an aromatic ring is 1. The smallest absolute Gasteiger partial charge is 0.0767 e. The Labute approximate surface area is 110 Å². The summed E-state index contributed by atoms with van der Waals surface area (Å²) < 4.78 is 1.07. The second kappa shape index (κ2) is 4.63. The fraction of sp³-hybridized carbons (Fsp3) is 0.308. The zero-order chi connectivity index (χ0) is 12.6. The van der Waals surface area contributed by atoms with Crippen LogP contribution in [0.15, 0.2) is 22.7 Å². The van der Waals surface area contributed by atoms with Crippen molar-refractivity contribution in [1.29, 1.82) is 0 Å². The fourth-order valence-electron chi connectivity index (χ4n) is 1.84. The molecule has 0 radical (unpaired) electrons. The first kappa shape index (κ1) is 12.3. The molecule has 0 atom stereocenters. The third-order valence-electron chi connectivity index (χ3n) is 2.94. The summed E-state index contributed by atoms with van der Waals surface area (Å²) in [6.07, 6.45) is 0. The van der Waals surface area contributed by atoms with Gasteiger partial charge in [0.2, 0.25) is 0 Å².